The number of rotatable bonds is 5. The predicted molar refractivity (Wildman–Crippen MR) is 60.3 cm³/mol. The summed E-state index contributed by atoms with van der Waals surface area (Å²) in [6.45, 7) is 3.86. The molecule has 1 fully saturated rings. The largest absolute Gasteiger partial charge is 0.314 e. The molecule has 0 aliphatic carbocycles. The van der Waals surface area contributed by atoms with E-state index >= 15 is 0 Å². The van der Waals surface area contributed by atoms with Gasteiger partial charge in [0.2, 0.25) is 0 Å². The molecular weight excluding hydrogens is 204 g/mol. The monoisotopic (exact) mass is 222 g/mol. The number of carbonyl (C=O) groups is 1. The van der Waals surface area contributed by atoms with Crippen LogP contribution in [0.15, 0.2) is 6.20 Å². The first kappa shape index (κ1) is 11.3. The third-order valence-electron chi connectivity index (χ3n) is 2.93. The van der Waals surface area contributed by atoms with Gasteiger partial charge >= 0.3 is 0 Å². The fourth-order valence-corrected chi connectivity index (χ4v) is 2.11. The number of aryl methyl sites for hydroxylation is 1. The van der Waals surface area contributed by atoms with Crippen LogP contribution in [0.4, 0.5) is 0 Å². The van der Waals surface area contributed by atoms with Crippen molar-refractivity contribution in [1.29, 1.82) is 0 Å². The maximum Gasteiger partial charge on any atom is 0.184 e. The van der Waals surface area contributed by atoms with Gasteiger partial charge in [-0.25, -0.2) is 4.68 Å². The van der Waals surface area contributed by atoms with Crippen LogP contribution in [0.5, 0.6) is 0 Å². The van der Waals surface area contributed by atoms with Gasteiger partial charge in [-0.2, -0.15) is 0 Å². The van der Waals surface area contributed by atoms with Gasteiger partial charge in [0.15, 0.2) is 5.78 Å². The van der Waals surface area contributed by atoms with E-state index in [4.69, 9.17) is 0 Å². The number of hydrogen-bond donors (Lipinski definition) is 1. The van der Waals surface area contributed by atoms with Gasteiger partial charge in [0.25, 0.3) is 0 Å². The maximum atomic E-state index is 12.0. The number of Topliss-reactive ketones (excluding diaryl/α,β-unsaturated/α-hetero) is 1. The molecule has 0 amide bonds. The van der Waals surface area contributed by atoms with E-state index in [1.807, 2.05) is 0 Å². The molecule has 5 nitrogen and oxygen atoms in total. The molecule has 1 aromatic rings. The SMILES string of the molecule is CCCn1nncc1C(=O)CC1CCCN1. The highest BCUT2D eigenvalue weighted by atomic mass is 16.1. The zero-order valence-electron chi connectivity index (χ0n) is 9.65. The summed E-state index contributed by atoms with van der Waals surface area (Å²) in [5.74, 6) is 0.151. The van der Waals surface area contributed by atoms with Gasteiger partial charge in [0.05, 0.1) is 6.20 Å². The fraction of sp³-hybridized carbons (Fsp3) is 0.727. The summed E-state index contributed by atoms with van der Waals surface area (Å²) in [7, 11) is 0. The van der Waals surface area contributed by atoms with Crippen LogP contribution >= 0.6 is 0 Å². The molecule has 5 heteroatoms. The number of carbonyl (C=O) groups excluding carboxylic acids is 1. The third kappa shape index (κ3) is 2.47. The van der Waals surface area contributed by atoms with E-state index < -0.39 is 0 Å². The second kappa shape index (κ2) is 5.21. The molecular formula is C11H18N4O. The molecule has 1 unspecified atom stereocenters. The van der Waals surface area contributed by atoms with Crippen molar-refractivity contribution in [2.45, 2.75) is 45.2 Å². The minimum atomic E-state index is 0.151. The zero-order chi connectivity index (χ0) is 11.4. The molecule has 0 aromatic carbocycles. The third-order valence-corrected chi connectivity index (χ3v) is 2.93. The normalized spacial score (nSPS) is 20.2. The molecule has 1 aliphatic rings. The van der Waals surface area contributed by atoms with E-state index in [2.05, 4.69) is 22.6 Å². The quantitative estimate of drug-likeness (QED) is 0.755. The van der Waals surface area contributed by atoms with E-state index in [0.29, 0.717) is 18.2 Å². The Kier molecular flexibility index (Phi) is 3.66. The highest BCUT2D eigenvalue weighted by molar-refractivity contribution is 5.94. The Bertz CT molecular complexity index is 355. The second-order valence-electron chi connectivity index (χ2n) is 4.26. The van der Waals surface area contributed by atoms with Crippen molar-refractivity contribution < 1.29 is 4.79 Å². The van der Waals surface area contributed by atoms with E-state index in [9.17, 15) is 4.79 Å². The van der Waals surface area contributed by atoms with Crippen LogP contribution in [-0.4, -0.2) is 33.4 Å². The van der Waals surface area contributed by atoms with Crippen molar-refractivity contribution in [1.82, 2.24) is 20.3 Å². The average molecular weight is 222 g/mol. The Morgan fingerprint density at radius 3 is 3.25 bits per heavy atom. The average Bonchev–Trinajstić information content (AvgIpc) is 2.89. The molecule has 1 atom stereocenters. The van der Waals surface area contributed by atoms with Gasteiger partial charge in [-0.05, 0) is 25.8 Å². The van der Waals surface area contributed by atoms with Crippen LogP contribution in [-0.2, 0) is 6.54 Å². The van der Waals surface area contributed by atoms with E-state index in [0.717, 1.165) is 25.9 Å². The molecule has 16 heavy (non-hydrogen) atoms. The van der Waals surface area contributed by atoms with Crippen molar-refractivity contribution in [3.63, 3.8) is 0 Å². The topological polar surface area (TPSA) is 59.8 Å². The van der Waals surface area contributed by atoms with E-state index in [1.54, 1.807) is 10.9 Å². The van der Waals surface area contributed by atoms with Crippen LogP contribution in [0.2, 0.25) is 0 Å². The van der Waals surface area contributed by atoms with Crippen molar-refractivity contribution >= 4 is 5.78 Å². The van der Waals surface area contributed by atoms with E-state index in [-0.39, 0.29) is 5.78 Å². The highest BCUT2D eigenvalue weighted by Crippen LogP contribution is 2.12. The van der Waals surface area contributed by atoms with Gasteiger partial charge in [-0.15, -0.1) is 5.10 Å². The first-order valence-corrected chi connectivity index (χ1v) is 5.96. The van der Waals surface area contributed by atoms with Gasteiger partial charge in [-0.3, -0.25) is 4.79 Å². The summed E-state index contributed by atoms with van der Waals surface area (Å²) in [5, 5.41) is 11.1. The Morgan fingerprint density at radius 2 is 2.56 bits per heavy atom. The fourth-order valence-electron chi connectivity index (χ4n) is 2.11. The predicted octanol–water partition coefficient (Wildman–Crippen LogP) is 1.01. The minimum absolute atomic E-state index is 0.151. The highest BCUT2D eigenvalue weighted by Gasteiger charge is 2.20. The molecule has 1 N–H and O–H groups in total. The molecule has 2 rings (SSSR count). The summed E-state index contributed by atoms with van der Waals surface area (Å²) in [5.41, 5.74) is 0.649. The van der Waals surface area contributed by atoms with Gasteiger partial charge in [0.1, 0.15) is 5.69 Å². The summed E-state index contributed by atoms with van der Waals surface area (Å²) < 4.78 is 1.71. The number of ketones is 1. The summed E-state index contributed by atoms with van der Waals surface area (Å²) in [6.07, 6.45) is 5.38. The van der Waals surface area contributed by atoms with Crippen molar-refractivity contribution in [2.24, 2.45) is 0 Å². The van der Waals surface area contributed by atoms with Crippen LogP contribution in [0.25, 0.3) is 0 Å². The Morgan fingerprint density at radius 1 is 1.69 bits per heavy atom. The lowest BCUT2D eigenvalue weighted by molar-refractivity contribution is 0.0961. The van der Waals surface area contributed by atoms with Crippen LogP contribution in [0, 0.1) is 0 Å². The molecule has 0 spiro atoms. The Hall–Kier alpha value is -1.23. The number of hydrogen-bond acceptors (Lipinski definition) is 4. The molecule has 1 aliphatic heterocycles. The lowest BCUT2D eigenvalue weighted by atomic mass is 10.1. The van der Waals surface area contributed by atoms with Crippen LogP contribution in [0.1, 0.15) is 43.1 Å². The molecule has 0 bridgehead atoms. The first-order valence-electron chi connectivity index (χ1n) is 5.96. The standard InChI is InChI=1S/C11H18N4O/c1-2-6-15-10(8-13-14-15)11(16)7-9-4-3-5-12-9/h8-9,12H,2-7H2,1H3. The van der Waals surface area contributed by atoms with Crippen molar-refractivity contribution in [2.75, 3.05) is 6.54 Å². The smallest absolute Gasteiger partial charge is 0.184 e. The van der Waals surface area contributed by atoms with Gasteiger partial charge < -0.3 is 5.32 Å². The summed E-state index contributed by atoms with van der Waals surface area (Å²) >= 11 is 0. The maximum absolute atomic E-state index is 12.0. The number of nitrogens with one attached hydrogen (secondary N) is 1. The zero-order valence-corrected chi connectivity index (χ0v) is 9.65. The lowest BCUT2D eigenvalue weighted by Gasteiger charge is -2.09. The van der Waals surface area contributed by atoms with Gasteiger partial charge in [-0.1, -0.05) is 12.1 Å². The molecule has 0 radical (unpaired) electrons. The van der Waals surface area contributed by atoms with E-state index in [1.165, 1.54) is 6.42 Å². The molecule has 1 saturated heterocycles. The molecule has 88 valence electrons. The van der Waals surface area contributed by atoms with Crippen molar-refractivity contribution in [3.05, 3.63) is 11.9 Å². The lowest BCUT2D eigenvalue weighted by Crippen LogP contribution is -2.25. The summed E-state index contributed by atoms with van der Waals surface area (Å²) in [6, 6.07) is 0.345. The molecule has 2 heterocycles. The van der Waals surface area contributed by atoms with Gasteiger partial charge in [0, 0.05) is 19.0 Å². The second-order valence-corrected chi connectivity index (χ2v) is 4.26. The number of nitrogens with zero attached hydrogens (tertiary/aromatic N) is 3. The Labute approximate surface area is 95.2 Å². The number of aromatic nitrogens is 3. The molecule has 1 aromatic heterocycles. The van der Waals surface area contributed by atoms with Crippen LogP contribution in [0.3, 0.4) is 0 Å². The molecule has 0 saturated carbocycles. The van der Waals surface area contributed by atoms with Crippen LogP contribution < -0.4 is 5.32 Å². The summed E-state index contributed by atoms with van der Waals surface area (Å²) in [4.78, 5) is 12.0. The Balaban J connectivity index is 1.99. The minimum Gasteiger partial charge on any atom is -0.314 e. The van der Waals surface area contributed by atoms with Crippen molar-refractivity contribution in [3.8, 4) is 0 Å². The first-order chi connectivity index (χ1) is 7.81.